The Hall–Kier alpha value is -2.08. The Bertz CT molecular complexity index is 810. The van der Waals surface area contributed by atoms with Gasteiger partial charge in [0.25, 0.3) is 5.91 Å². The quantitative estimate of drug-likeness (QED) is 0.672. The highest BCUT2D eigenvalue weighted by molar-refractivity contribution is 5.96. The molecule has 6 nitrogen and oxygen atoms in total. The van der Waals surface area contributed by atoms with Crippen molar-refractivity contribution in [2.75, 3.05) is 39.5 Å². The van der Waals surface area contributed by atoms with Crippen LogP contribution in [-0.4, -0.2) is 56.2 Å². The fraction of sp³-hybridized carbons (Fsp3) is 0.704. The van der Waals surface area contributed by atoms with Crippen LogP contribution >= 0.6 is 0 Å². The molecule has 1 aromatic rings. The van der Waals surface area contributed by atoms with Crippen LogP contribution in [0.5, 0.6) is 5.75 Å². The van der Waals surface area contributed by atoms with E-state index in [0.717, 1.165) is 58.0 Å². The van der Waals surface area contributed by atoms with E-state index in [1.54, 1.807) is 0 Å². The molecule has 182 valence electrons. The van der Waals surface area contributed by atoms with Gasteiger partial charge in [0.1, 0.15) is 5.75 Å². The fourth-order valence-electron chi connectivity index (χ4n) is 5.73. The molecule has 1 saturated heterocycles. The van der Waals surface area contributed by atoms with Gasteiger partial charge in [-0.05, 0) is 50.7 Å². The molecule has 1 aliphatic carbocycles. The Kier molecular flexibility index (Phi) is 7.94. The molecule has 3 aliphatic rings. The molecule has 33 heavy (non-hydrogen) atoms. The van der Waals surface area contributed by atoms with Crippen molar-refractivity contribution in [1.29, 1.82) is 0 Å². The van der Waals surface area contributed by atoms with Gasteiger partial charge in [0.2, 0.25) is 5.91 Å². The minimum atomic E-state index is -0.174. The first-order chi connectivity index (χ1) is 16.0. The van der Waals surface area contributed by atoms with Crippen molar-refractivity contribution in [3.8, 4) is 5.75 Å². The van der Waals surface area contributed by atoms with E-state index in [9.17, 15) is 9.59 Å². The summed E-state index contributed by atoms with van der Waals surface area (Å²) in [6.45, 7) is 6.09. The second-order valence-electron chi connectivity index (χ2n) is 10.5. The molecule has 1 N–H and O–H groups in total. The third-order valence-corrected chi connectivity index (χ3v) is 8.03. The van der Waals surface area contributed by atoms with E-state index in [-0.39, 0.29) is 16.7 Å². The predicted molar refractivity (Wildman–Crippen MR) is 128 cm³/mol. The highest BCUT2D eigenvalue weighted by atomic mass is 16.5. The number of ether oxygens (including phenoxy) is 2. The summed E-state index contributed by atoms with van der Waals surface area (Å²) in [5.41, 5.74) is 0.423. The van der Waals surface area contributed by atoms with Crippen LogP contribution in [0.2, 0.25) is 0 Å². The molecule has 0 atom stereocenters. The number of amides is 2. The normalized spacial score (nSPS) is 24.2. The van der Waals surface area contributed by atoms with E-state index in [1.807, 2.05) is 24.3 Å². The molecule has 1 saturated carbocycles. The highest BCUT2D eigenvalue weighted by Crippen LogP contribution is 2.42. The van der Waals surface area contributed by atoms with Crippen LogP contribution in [0, 0.1) is 10.8 Å². The number of nitrogens with one attached hydrogen (secondary N) is 1. The van der Waals surface area contributed by atoms with Crippen LogP contribution in [0.3, 0.4) is 0 Å². The third kappa shape index (κ3) is 5.89. The fourth-order valence-corrected chi connectivity index (χ4v) is 5.73. The molecule has 0 unspecified atom stereocenters. The van der Waals surface area contributed by atoms with E-state index in [2.05, 4.69) is 17.1 Å². The van der Waals surface area contributed by atoms with Crippen molar-refractivity contribution >= 4 is 11.8 Å². The lowest BCUT2D eigenvalue weighted by Crippen LogP contribution is -2.50. The number of benzene rings is 1. The lowest BCUT2D eigenvalue weighted by Gasteiger charge is -2.45. The average molecular weight is 457 g/mol. The Morgan fingerprint density at radius 3 is 2.45 bits per heavy atom. The second-order valence-corrected chi connectivity index (χ2v) is 10.5. The van der Waals surface area contributed by atoms with Crippen LogP contribution in [0.1, 0.15) is 81.5 Å². The number of carbonyl (C=O) groups is 2. The molecule has 0 radical (unpaired) electrons. The van der Waals surface area contributed by atoms with Gasteiger partial charge in [-0.25, -0.2) is 0 Å². The second kappa shape index (κ2) is 10.9. The predicted octanol–water partition coefficient (Wildman–Crippen LogP) is 4.57. The highest BCUT2D eigenvalue weighted by Gasteiger charge is 2.42. The average Bonchev–Trinajstić information content (AvgIpc) is 2.84. The summed E-state index contributed by atoms with van der Waals surface area (Å²) in [5.74, 6) is 0.872. The molecule has 6 heteroatoms. The van der Waals surface area contributed by atoms with Crippen molar-refractivity contribution in [3.05, 3.63) is 29.8 Å². The van der Waals surface area contributed by atoms with Gasteiger partial charge in [0, 0.05) is 37.1 Å². The lowest BCUT2D eigenvalue weighted by atomic mass is 9.72. The number of hydrogen-bond donors (Lipinski definition) is 1. The first kappa shape index (κ1) is 24.1. The SMILES string of the molecule is CC1(C(=O)N2CCC3(CCCCOCCNC(=O)c4ccccc4OC3)CC2)CCCCC1. The van der Waals surface area contributed by atoms with E-state index >= 15 is 0 Å². The van der Waals surface area contributed by atoms with Crippen molar-refractivity contribution in [3.63, 3.8) is 0 Å². The number of rotatable bonds is 1. The Balaban J connectivity index is 1.45. The lowest BCUT2D eigenvalue weighted by molar-refractivity contribution is -0.146. The smallest absolute Gasteiger partial charge is 0.255 e. The molecule has 2 fully saturated rings. The molecule has 0 aromatic heterocycles. The zero-order chi connectivity index (χ0) is 23.2. The Morgan fingerprint density at radius 2 is 1.67 bits per heavy atom. The van der Waals surface area contributed by atoms with Crippen molar-refractivity contribution < 1.29 is 19.1 Å². The Labute approximate surface area is 198 Å². The molecule has 2 aliphatic heterocycles. The van der Waals surface area contributed by atoms with E-state index in [4.69, 9.17) is 9.47 Å². The zero-order valence-electron chi connectivity index (χ0n) is 20.2. The van der Waals surface area contributed by atoms with Crippen LogP contribution in [0.15, 0.2) is 24.3 Å². The molecule has 2 amide bonds. The third-order valence-electron chi connectivity index (χ3n) is 8.03. The van der Waals surface area contributed by atoms with Crippen LogP contribution < -0.4 is 10.1 Å². The summed E-state index contributed by atoms with van der Waals surface area (Å²) in [7, 11) is 0. The largest absolute Gasteiger partial charge is 0.492 e. The summed E-state index contributed by atoms with van der Waals surface area (Å²) >= 11 is 0. The minimum absolute atomic E-state index is 0.0257. The number of fused-ring (bicyclic) bond motifs is 1. The molecule has 1 spiro atoms. The molecular formula is C27H40N2O4. The van der Waals surface area contributed by atoms with E-state index in [0.29, 0.717) is 43.6 Å². The van der Waals surface area contributed by atoms with Gasteiger partial charge >= 0.3 is 0 Å². The summed E-state index contributed by atoms with van der Waals surface area (Å²) < 4.78 is 12.1. The van der Waals surface area contributed by atoms with Crippen LogP contribution in [-0.2, 0) is 9.53 Å². The molecule has 4 rings (SSSR count). The number of hydrogen-bond acceptors (Lipinski definition) is 4. The summed E-state index contributed by atoms with van der Waals surface area (Å²) in [6.07, 6.45) is 10.7. The number of carbonyl (C=O) groups excluding carboxylic acids is 2. The zero-order valence-corrected chi connectivity index (χ0v) is 20.2. The van der Waals surface area contributed by atoms with Gasteiger partial charge in [-0.1, -0.05) is 44.7 Å². The van der Waals surface area contributed by atoms with E-state index < -0.39 is 0 Å². The summed E-state index contributed by atoms with van der Waals surface area (Å²) in [6, 6.07) is 7.48. The van der Waals surface area contributed by atoms with E-state index in [1.165, 1.54) is 19.3 Å². The minimum Gasteiger partial charge on any atom is -0.492 e. The monoisotopic (exact) mass is 456 g/mol. The topological polar surface area (TPSA) is 67.9 Å². The summed E-state index contributed by atoms with van der Waals surface area (Å²) in [4.78, 5) is 28.1. The van der Waals surface area contributed by atoms with Gasteiger partial charge in [0.05, 0.1) is 18.8 Å². The van der Waals surface area contributed by atoms with Crippen molar-refractivity contribution in [2.24, 2.45) is 10.8 Å². The van der Waals surface area contributed by atoms with Gasteiger partial charge in [-0.15, -0.1) is 0 Å². The van der Waals surface area contributed by atoms with Crippen LogP contribution in [0.25, 0.3) is 0 Å². The van der Waals surface area contributed by atoms with Crippen molar-refractivity contribution in [2.45, 2.75) is 71.1 Å². The number of nitrogens with zero attached hydrogens (tertiary/aromatic N) is 1. The molecule has 1 aromatic carbocycles. The number of para-hydroxylation sites is 1. The van der Waals surface area contributed by atoms with Gasteiger partial charge in [0.15, 0.2) is 0 Å². The van der Waals surface area contributed by atoms with Crippen molar-refractivity contribution in [1.82, 2.24) is 10.2 Å². The molecule has 0 bridgehead atoms. The maximum atomic E-state index is 13.4. The standard InChI is InChI=1S/C27H40N2O4/c1-26(11-5-2-6-12-26)25(31)29-17-14-27(15-18-29)13-7-8-19-32-20-16-28-24(30)22-9-3-4-10-23(22)33-21-27/h3-4,9-10H,2,5-8,11-21H2,1H3,(H,28,30). The maximum absolute atomic E-state index is 13.4. The molecular weight excluding hydrogens is 416 g/mol. The van der Waals surface area contributed by atoms with Gasteiger partial charge in [-0.3, -0.25) is 9.59 Å². The Morgan fingerprint density at radius 1 is 0.939 bits per heavy atom. The maximum Gasteiger partial charge on any atom is 0.255 e. The van der Waals surface area contributed by atoms with Gasteiger partial charge in [-0.2, -0.15) is 0 Å². The summed E-state index contributed by atoms with van der Waals surface area (Å²) in [5, 5.41) is 2.93. The van der Waals surface area contributed by atoms with Crippen LogP contribution in [0.4, 0.5) is 0 Å². The van der Waals surface area contributed by atoms with Gasteiger partial charge < -0.3 is 19.7 Å². The number of likely N-dealkylation sites (tertiary alicyclic amines) is 1. The first-order valence-corrected chi connectivity index (χ1v) is 12.9. The number of piperidine rings is 1. The molecule has 2 heterocycles. The first-order valence-electron chi connectivity index (χ1n) is 12.9.